The van der Waals surface area contributed by atoms with Gasteiger partial charge in [-0.3, -0.25) is 91.1 Å². The number of likely N-dealkylation sites (N-methyl/N-ethyl adjacent to an activating group) is 2. The summed E-state index contributed by atoms with van der Waals surface area (Å²) in [6.45, 7) is 15.2. The van der Waals surface area contributed by atoms with Gasteiger partial charge in [0.2, 0.25) is 95.0 Å². The maximum atomic E-state index is 15.4. The number of hydrogen-bond acceptors (Lipinski definition) is 22. The van der Waals surface area contributed by atoms with Gasteiger partial charge in [-0.15, -0.1) is 0 Å². The molecule has 0 aliphatic carbocycles. The summed E-state index contributed by atoms with van der Waals surface area (Å²) < 4.78 is 42.2. The van der Waals surface area contributed by atoms with Gasteiger partial charge in [-0.2, -0.15) is 8.42 Å². The topological polar surface area (TPSA) is 648 Å². The Morgan fingerprint density at radius 1 is 0.683 bits per heavy atom. The lowest BCUT2D eigenvalue weighted by atomic mass is 9.83. The number of fused-ring (bicyclic) bond motifs is 1. The van der Waals surface area contributed by atoms with Crippen LogP contribution >= 0.6 is 0 Å². The Morgan fingerprint density at radius 2 is 1.27 bits per heavy atom. The number of benzene rings is 2. The number of aromatic nitrogens is 1. The molecule has 3 aromatic rings. The van der Waals surface area contributed by atoms with Crippen molar-refractivity contribution in [3.8, 4) is 0 Å². The number of ether oxygens (including phenoxy) is 1. The van der Waals surface area contributed by atoms with Gasteiger partial charge >= 0.3 is 5.97 Å². The number of carbonyl (C=O) groups excluding carboxylic acids is 17. The Labute approximate surface area is 694 Å². The van der Waals surface area contributed by atoms with E-state index < -0.39 is 256 Å². The van der Waals surface area contributed by atoms with Crippen LogP contribution in [0.1, 0.15) is 139 Å². The van der Waals surface area contributed by atoms with Crippen LogP contribution in [0.15, 0.2) is 65.8 Å². The van der Waals surface area contributed by atoms with Crippen molar-refractivity contribution >= 4 is 128 Å². The fourth-order valence-electron chi connectivity index (χ4n) is 13.5. The van der Waals surface area contributed by atoms with Crippen molar-refractivity contribution in [2.45, 2.75) is 231 Å². The van der Waals surface area contributed by atoms with Crippen LogP contribution in [-0.4, -0.2) is 275 Å². The van der Waals surface area contributed by atoms with Gasteiger partial charge in [-0.1, -0.05) is 104 Å². The second kappa shape index (κ2) is 44.2. The molecule has 3 heterocycles. The van der Waals surface area contributed by atoms with Crippen molar-refractivity contribution in [3.05, 3.63) is 71.9 Å². The number of aromatic amines is 1. The molecule has 0 bridgehead atoms. The highest BCUT2D eigenvalue weighted by atomic mass is 32.2. The van der Waals surface area contributed by atoms with Gasteiger partial charge in [0.25, 0.3) is 10.1 Å². The maximum absolute atomic E-state index is 15.4. The van der Waals surface area contributed by atoms with Gasteiger partial charge in [-0.25, -0.2) is 0 Å². The Bertz CT molecular complexity index is 4370. The summed E-state index contributed by atoms with van der Waals surface area (Å²) in [5.41, 5.74) is 21.5. The third kappa shape index (κ3) is 29.9. The number of carbonyl (C=O) groups is 17. The molecule has 0 radical (unpaired) electrons. The van der Waals surface area contributed by atoms with Crippen LogP contribution in [0.25, 0.3) is 10.9 Å². The maximum Gasteiger partial charge on any atom is 0.325 e. The molecule has 5 rings (SSSR count). The molecule has 662 valence electrons. The van der Waals surface area contributed by atoms with Crippen molar-refractivity contribution in [3.63, 3.8) is 0 Å². The molecule has 43 heteroatoms. The Balaban J connectivity index is 1.56. The molecule has 0 saturated carbocycles. The quantitative estimate of drug-likeness (QED) is 0.00653. The highest BCUT2D eigenvalue weighted by Gasteiger charge is 2.46. The number of H-pyrrole nitrogens is 1. The van der Waals surface area contributed by atoms with Gasteiger partial charge in [0, 0.05) is 63.5 Å². The van der Waals surface area contributed by atoms with Crippen LogP contribution in [0.5, 0.6) is 0 Å². The van der Waals surface area contributed by atoms with E-state index in [9.17, 15) is 70.8 Å². The number of cyclic esters (lactones) is 1. The first-order valence-corrected chi connectivity index (χ1v) is 40.6. The predicted molar refractivity (Wildman–Crippen MR) is 433 cm³/mol. The van der Waals surface area contributed by atoms with Gasteiger partial charge in [0.05, 0.1) is 12.5 Å². The molecule has 2 aliphatic heterocycles. The van der Waals surface area contributed by atoms with E-state index in [4.69, 9.17) is 27.7 Å². The molecular formula is C77H116N20O22S. The van der Waals surface area contributed by atoms with E-state index in [2.05, 4.69) is 68.5 Å². The summed E-state index contributed by atoms with van der Waals surface area (Å²) in [6, 6.07) is -6.57. The van der Waals surface area contributed by atoms with Crippen molar-refractivity contribution in [1.82, 2.24) is 78.2 Å². The first-order valence-electron chi connectivity index (χ1n) is 39.0. The lowest BCUT2D eigenvalue weighted by molar-refractivity contribution is -0.158. The second-order valence-corrected chi connectivity index (χ2v) is 34.0. The summed E-state index contributed by atoms with van der Waals surface area (Å²) in [7, 11) is -3.45. The van der Waals surface area contributed by atoms with E-state index >= 15 is 28.8 Å². The highest BCUT2D eigenvalue weighted by Crippen LogP contribution is 2.28. The lowest BCUT2D eigenvalue weighted by Gasteiger charge is -2.37. The number of para-hydroxylation sites is 1. The average Bonchev–Trinajstić information content (AvgIpc) is 1.58. The summed E-state index contributed by atoms with van der Waals surface area (Å²) in [5.74, 6) is -20.3. The number of nitrogens with zero attached hydrogens (tertiary/aromatic N) is 4. The zero-order chi connectivity index (χ0) is 90.2. The van der Waals surface area contributed by atoms with Crippen LogP contribution in [0, 0.1) is 16.7 Å². The Kier molecular flexibility index (Phi) is 36.4. The molecular weight excluding hydrogens is 1590 g/mol. The van der Waals surface area contributed by atoms with Crippen LogP contribution in [0.3, 0.4) is 0 Å². The molecule has 0 unspecified atom stereocenters. The van der Waals surface area contributed by atoms with Crippen molar-refractivity contribution in [1.29, 1.82) is 0 Å². The number of hydrogen-bond donors (Lipinski definition) is 18. The second-order valence-electron chi connectivity index (χ2n) is 32.5. The van der Waals surface area contributed by atoms with E-state index in [0.29, 0.717) is 44.7 Å². The number of aliphatic imine (C=N–C) groups is 1. The minimum absolute atomic E-state index is 0.00595. The number of aliphatic hydroxyl groups excluding tert-OH is 1. The smallest absolute Gasteiger partial charge is 0.325 e. The fraction of sp³-hybridized carbons (Fsp3) is 0.584. The highest BCUT2D eigenvalue weighted by molar-refractivity contribution is 7.85. The number of rotatable bonds is 35. The van der Waals surface area contributed by atoms with E-state index in [0.717, 1.165) is 27.9 Å². The van der Waals surface area contributed by atoms with E-state index in [1.165, 1.54) is 11.8 Å². The molecule has 2 aliphatic rings. The van der Waals surface area contributed by atoms with Crippen LogP contribution in [0.4, 0.5) is 0 Å². The number of amides is 16. The number of esters is 1. The van der Waals surface area contributed by atoms with E-state index in [1.807, 2.05) is 0 Å². The van der Waals surface area contributed by atoms with Crippen molar-refractivity contribution < 1.29 is 104 Å². The minimum atomic E-state index is -5.43. The van der Waals surface area contributed by atoms with Crippen molar-refractivity contribution in [2.24, 2.45) is 44.7 Å². The van der Waals surface area contributed by atoms with Gasteiger partial charge in [0.15, 0.2) is 5.96 Å². The van der Waals surface area contributed by atoms with Crippen LogP contribution in [-0.2, 0) is 109 Å². The predicted octanol–water partition coefficient (Wildman–Crippen LogP) is -5.24. The average molecular weight is 1710 g/mol. The summed E-state index contributed by atoms with van der Waals surface area (Å²) >= 11 is 0. The molecule has 120 heavy (non-hydrogen) atoms. The molecule has 42 nitrogen and oxygen atoms in total. The third-order valence-corrected chi connectivity index (χ3v) is 20.6. The SMILES string of the molecule is CC(C)C[C@H]1NC(=O)[C@H](CCC(N)=O)N(C)C(=O)[C@@H](NC(=O)[C@@H](CS(=O)(=O)O)NC(=O)[C@H](CCCN=C(N)N)NC(=O)[C@@H](Cc2c[nH]c3ccccc23)NC(=O)[C@@H](NC(=O)[C@H](NC(=O)[C@@H]2CCCN2C(=O)[C@H](Cc2ccccc2)NC(=O)[C@@H](C)NC=O)C(C)(C)C)C(C)(C)C)[C@@H](C)OC(=O)CN(C)C(=O)[C@H](CC(N)=O)NC(=O)[C@H]([C@@H](C)O)NC1=O. The van der Waals surface area contributed by atoms with Crippen molar-refractivity contribution in [2.75, 3.05) is 39.5 Å². The Hall–Kier alpha value is -11.9. The molecule has 2 aromatic carbocycles. The van der Waals surface area contributed by atoms with Gasteiger partial charge < -0.3 is 111 Å². The molecule has 0 spiro atoms. The monoisotopic (exact) mass is 1700 g/mol. The first kappa shape index (κ1) is 98.7. The zero-order valence-corrected chi connectivity index (χ0v) is 70.4. The minimum Gasteiger partial charge on any atom is -0.459 e. The Morgan fingerprint density at radius 3 is 1.86 bits per heavy atom. The number of nitrogens with one attached hydrogen (secondary N) is 12. The largest absolute Gasteiger partial charge is 0.459 e. The van der Waals surface area contributed by atoms with Gasteiger partial charge in [0.1, 0.15) is 96.9 Å². The number of nitrogens with two attached hydrogens (primary N) is 4. The standard InChI is InChI=1S/C77H116N20O22S/c1-39(2)31-48-65(106)91-58(41(4)99)69(110)89-51(34-56(79)101)72(113)95(12)36-57(102)119-42(5)59(74(115)96(13)53(67(108)86-48)27-28-55(78)100)92-66(107)52(37-120(116,117)118)90-63(104)47(25-19-29-82-75(80)81)85-64(105)49(33-44-35-83-46-24-18-17-23-45(44)46)87-70(111)60(76(6,7)8)94-71(112)61(77(9,10)11)93-68(109)54-26-20-30-97(54)73(114)50(32-43-21-15-14-16-22-43)88-62(103)40(3)84-38-98/h14-18,21-24,35,38-42,47-54,58-61,83,99H,19-20,25-34,36-37H2,1-13H3,(H2,78,100)(H2,79,101)(H,84,98)(H,85,105)(H,86,108)(H,87,111)(H,88,103)(H,89,110)(H,90,104)(H,91,106)(H,92,107)(H,93,109)(H,94,112)(H4,80,81,82)(H,116,117,118)/t40-,41-,42-,47+,48-,49-,50+,51+,52-,53+,54+,58+,59+,60-,61+/m1/s1. The van der Waals surface area contributed by atoms with E-state index in [-0.39, 0.29) is 45.2 Å². The zero-order valence-electron chi connectivity index (χ0n) is 69.6. The molecule has 2 fully saturated rings. The third-order valence-electron chi connectivity index (χ3n) is 19.9. The first-order chi connectivity index (χ1) is 55.9. The fourth-order valence-corrected chi connectivity index (χ4v) is 14.1. The summed E-state index contributed by atoms with van der Waals surface area (Å²) in [6.07, 6.45) is -4.76. The molecule has 22 N–H and O–H groups in total. The van der Waals surface area contributed by atoms with Gasteiger partial charge in [-0.05, 0) is 93.2 Å². The molecule has 1 aromatic heterocycles. The number of aliphatic hydroxyl groups is 1. The molecule has 16 amide bonds. The van der Waals surface area contributed by atoms with Crippen LogP contribution in [0.2, 0.25) is 0 Å². The number of guanidine groups is 1. The number of primary amides is 2. The normalized spacial score (nSPS) is 20.8. The number of likely N-dealkylation sites (tertiary alicyclic amines) is 1. The van der Waals surface area contributed by atoms with Crippen LogP contribution < -0.4 is 81.4 Å². The molecule has 15 atom stereocenters. The molecule has 2 saturated heterocycles. The van der Waals surface area contributed by atoms with E-state index in [1.54, 1.807) is 116 Å². The lowest BCUT2D eigenvalue weighted by Crippen LogP contribution is -2.64. The summed E-state index contributed by atoms with van der Waals surface area (Å²) in [5, 5.41) is 38.6. The summed E-state index contributed by atoms with van der Waals surface area (Å²) in [4.78, 5) is 250.